The summed E-state index contributed by atoms with van der Waals surface area (Å²) < 4.78 is 5.90. The zero-order valence-corrected chi connectivity index (χ0v) is 16.2. The molecule has 5 nitrogen and oxygen atoms in total. The standard InChI is InChI=1S/C16H30N4O.HI/c1-3-20-8-4-5-12(11-20)10-18-16(17-2)19-14-9-13-6-7-15(14)21-13;/h12-15H,3-11H2,1-2H3,(H2,17,18,19);1H. The highest BCUT2D eigenvalue weighted by Crippen LogP contribution is 2.34. The quantitative estimate of drug-likeness (QED) is 0.412. The maximum atomic E-state index is 5.90. The molecule has 128 valence electrons. The smallest absolute Gasteiger partial charge is 0.191 e. The molecule has 4 atom stereocenters. The van der Waals surface area contributed by atoms with Crippen LogP contribution >= 0.6 is 24.0 Å². The van der Waals surface area contributed by atoms with E-state index in [9.17, 15) is 0 Å². The first kappa shape index (κ1) is 18.3. The van der Waals surface area contributed by atoms with Crippen LogP contribution in [0.5, 0.6) is 0 Å². The fraction of sp³-hybridized carbons (Fsp3) is 0.938. The number of hydrogen-bond acceptors (Lipinski definition) is 3. The summed E-state index contributed by atoms with van der Waals surface area (Å²) in [5.74, 6) is 1.69. The van der Waals surface area contributed by atoms with E-state index in [4.69, 9.17) is 4.74 Å². The van der Waals surface area contributed by atoms with Gasteiger partial charge >= 0.3 is 0 Å². The first-order chi connectivity index (χ1) is 10.3. The monoisotopic (exact) mass is 422 g/mol. The lowest BCUT2D eigenvalue weighted by atomic mass is 9.95. The van der Waals surface area contributed by atoms with Crippen LogP contribution in [0.2, 0.25) is 0 Å². The molecule has 3 aliphatic heterocycles. The molecular weight excluding hydrogens is 391 g/mol. The van der Waals surface area contributed by atoms with Gasteiger partial charge in [-0.2, -0.15) is 0 Å². The van der Waals surface area contributed by atoms with Crippen LogP contribution in [0.25, 0.3) is 0 Å². The molecule has 3 aliphatic rings. The van der Waals surface area contributed by atoms with Crippen molar-refractivity contribution in [3.63, 3.8) is 0 Å². The van der Waals surface area contributed by atoms with Gasteiger partial charge in [0.1, 0.15) is 0 Å². The average Bonchev–Trinajstić information content (AvgIpc) is 3.14. The first-order valence-electron chi connectivity index (χ1n) is 8.63. The molecule has 0 radical (unpaired) electrons. The van der Waals surface area contributed by atoms with Gasteiger partial charge in [-0.05, 0) is 51.1 Å². The summed E-state index contributed by atoms with van der Waals surface area (Å²) in [4.78, 5) is 6.94. The third kappa shape index (κ3) is 4.47. The van der Waals surface area contributed by atoms with E-state index >= 15 is 0 Å². The Labute approximate surface area is 151 Å². The minimum atomic E-state index is 0. The Hall–Kier alpha value is -0.0800. The highest BCUT2D eigenvalue weighted by Gasteiger charge is 2.41. The summed E-state index contributed by atoms with van der Waals surface area (Å²) in [7, 11) is 1.86. The van der Waals surface area contributed by atoms with E-state index in [0.717, 1.165) is 24.8 Å². The van der Waals surface area contributed by atoms with Crippen LogP contribution in [-0.2, 0) is 4.74 Å². The molecular formula is C16H31IN4O. The average molecular weight is 422 g/mol. The molecule has 0 aromatic rings. The maximum Gasteiger partial charge on any atom is 0.191 e. The Balaban J connectivity index is 0.00000176. The first-order valence-corrected chi connectivity index (χ1v) is 8.63. The molecule has 6 heteroatoms. The number of rotatable bonds is 4. The van der Waals surface area contributed by atoms with E-state index in [1.807, 2.05) is 7.05 Å². The van der Waals surface area contributed by atoms with Crippen molar-refractivity contribution in [2.24, 2.45) is 10.9 Å². The van der Waals surface area contributed by atoms with Crippen LogP contribution in [-0.4, -0.2) is 62.3 Å². The molecule has 3 fully saturated rings. The number of piperidine rings is 1. The highest BCUT2D eigenvalue weighted by atomic mass is 127. The maximum absolute atomic E-state index is 5.90. The minimum Gasteiger partial charge on any atom is -0.373 e. The van der Waals surface area contributed by atoms with Gasteiger partial charge < -0.3 is 20.3 Å². The second kappa shape index (κ2) is 8.68. The van der Waals surface area contributed by atoms with Gasteiger partial charge in [-0.25, -0.2) is 0 Å². The van der Waals surface area contributed by atoms with Crippen LogP contribution in [0.1, 0.15) is 39.0 Å². The van der Waals surface area contributed by atoms with Crippen LogP contribution in [0.4, 0.5) is 0 Å². The van der Waals surface area contributed by atoms with Gasteiger partial charge in [0.2, 0.25) is 0 Å². The molecule has 3 heterocycles. The number of likely N-dealkylation sites (tertiary alicyclic amines) is 1. The topological polar surface area (TPSA) is 48.9 Å². The third-order valence-corrected chi connectivity index (χ3v) is 5.26. The van der Waals surface area contributed by atoms with Gasteiger partial charge in [-0.1, -0.05) is 6.92 Å². The fourth-order valence-electron chi connectivity index (χ4n) is 4.01. The van der Waals surface area contributed by atoms with Crippen molar-refractivity contribution in [3.8, 4) is 0 Å². The molecule has 22 heavy (non-hydrogen) atoms. The van der Waals surface area contributed by atoms with Crippen molar-refractivity contribution in [2.75, 3.05) is 33.2 Å². The van der Waals surface area contributed by atoms with Crippen molar-refractivity contribution in [3.05, 3.63) is 0 Å². The Morgan fingerprint density at radius 3 is 2.82 bits per heavy atom. The lowest BCUT2D eigenvalue weighted by Crippen LogP contribution is -2.49. The molecule has 0 aromatic heterocycles. The number of halogens is 1. The van der Waals surface area contributed by atoms with E-state index in [1.165, 1.54) is 45.3 Å². The largest absolute Gasteiger partial charge is 0.373 e. The molecule has 0 aromatic carbocycles. The molecule has 0 saturated carbocycles. The molecule has 0 amide bonds. The number of fused-ring (bicyclic) bond motifs is 2. The van der Waals surface area contributed by atoms with Gasteiger partial charge in [0, 0.05) is 20.1 Å². The van der Waals surface area contributed by atoms with Crippen molar-refractivity contribution in [1.82, 2.24) is 15.5 Å². The van der Waals surface area contributed by atoms with E-state index < -0.39 is 0 Å². The summed E-state index contributed by atoms with van der Waals surface area (Å²) in [6, 6.07) is 0.452. The van der Waals surface area contributed by atoms with Crippen LogP contribution in [0.3, 0.4) is 0 Å². The van der Waals surface area contributed by atoms with Gasteiger partial charge in [0.15, 0.2) is 5.96 Å². The molecule has 2 N–H and O–H groups in total. The molecule has 4 unspecified atom stereocenters. The predicted octanol–water partition coefficient (Wildman–Crippen LogP) is 1.82. The number of hydrogen-bond donors (Lipinski definition) is 2. The zero-order valence-electron chi connectivity index (χ0n) is 13.9. The lowest BCUT2D eigenvalue weighted by Gasteiger charge is -2.32. The summed E-state index contributed by atoms with van der Waals surface area (Å²) in [6.07, 6.45) is 7.13. The third-order valence-electron chi connectivity index (χ3n) is 5.26. The van der Waals surface area contributed by atoms with E-state index in [-0.39, 0.29) is 24.0 Å². The van der Waals surface area contributed by atoms with Crippen molar-refractivity contribution < 1.29 is 4.74 Å². The number of ether oxygens (including phenoxy) is 1. The van der Waals surface area contributed by atoms with Crippen LogP contribution in [0, 0.1) is 5.92 Å². The molecule has 3 saturated heterocycles. The Morgan fingerprint density at radius 1 is 1.32 bits per heavy atom. The zero-order chi connectivity index (χ0) is 14.7. The fourth-order valence-corrected chi connectivity index (χ4v) is 4.01. The molecule has 2 bridgehead atoms. The summed E-state index contributed by atoms with van der Waals surface area (Å²) in [6.45, 7) is 6.94. The second-order valence-electron chi connectivity index (χ2n) is 6.72. The Kier molecular flexibility index (Phi) is 7.21. The minimum absolute atomic E-state index is 0. The second-order valence-corrected chi connectivity index (χ2v) is 6.72. The number of nitrogens with zero attached hydrogens (tertiary/aromatic N) is 2. The van der Waals surface area contributed by atoms with Gasteiger partial charge in [-0.15, -0.1) is 24.0 Å². The lowest BCUT2D eigenvalue weighted by molar-refractivity contribution is 0.0992. The van der Waals surface area contributed by atoms with E-state index in [1.54, 1.807) is 0 Å². The number of guanidine groups is 1. The summed E-state index contributed by atoms with van der Waals surface area (Å²) >= 11 is 0. The molecule has 0 aliphatic carbocycles. The summed E-state index contributed by atoms with van der Waals surface area (Å²) in [5.41, 5.74) is 0. The predicted molar refractivity (Wildman–Crippen MR) is 101 cm³/mol. The Morgan fingerprint density at radius 2 is 2.18 bits per heavy atom. The van der Waals surface area contributed by atoms with Gasteiger partial charge in [-0.3, -0.25) is 4.99 Å². The van der Waals surface area contributed by atoms with Crippen LogP contribution < -0.4 is 10.6 Å². The normalized spacial score (nSPS) is 35.3. The SMILES string of the molecule is CCN1CCCC(CNC(=NC)NC2CC3CCC2O3)C1.I. The van der Waals surface area contributed by atoms with E-state index in [0.29, 0.717) is 18.2 Å². The van der Waals surface area contributed by atoms with Gasteiger partial charge in [0.25, 0.3) is 0 Å². The van der Waals surface area contributed by atoms with Crippen LogP contribution in [0.15, 0.2) is 4.99 Å². The molecule has 3 rings (SSSR count). The Bertz CT molecular complexity index is 379. The van der Waals surface area contributed by atoms with E-state index in [2.05, 4.69) is 27.4 Å². The van der Waals surface area contributed by atoms with Crippen molar-refractivity contribution in [1.29, 1.82) is 0 Å². The van der Waals surface area contributed by atoms with Crippen molar-refractivity contribution >= 4 is 29.9 Å². The molecule has 0 spiro atoms. The van der Waals surface area contributed by atoms with Gasteiger partial charge in [0.05, 0.1) is 18.2 Å². The summed E-state index contributed by atoms with van der Waals surface area (Å²) in [5, 5.41) is 7.09. The number of aliphatic imine (C=N–C) groups is 1. The number of nitrogens with one attached hydrogen (secondary N) is 2. The highest BCUT2D eigenvalue weighted by molar-refractivity contribution is 14.0. The van der Waals surface area contributed by atoms with Crippen molar-refractivity contribution in [2.45, 2.75) is 57.3 Å².